The lowest BCUT2D eigenvalue weighted by Gasteiger charge is -2.27. The van der Waals surface area contributed by atoms with Crippen LogP contribution in [-0.2, 0) is 0 Å². The molecule has 0 bridgehead atoms. The van der Waals surface area contributed by atoms with Crippen LogP contribution in [0, 0.1) is 17.8 Å². The molecule has 0 saturated heterocycles. The van der Waals surface area contributed by atoms with Crippen molar-refractivity contribution in [2.24, 2.45) is 17.8 Å². The Labute approximate surface area is 181 Å². The van der Waals surface area contributed by atoms with Gasteiger partial charge in [-0.25, -0.2) is 0 Å². The van der Waals surface area contributed by atoms with Crippen LogP contribution in [0.2, 0.25) is 0 Å². The van der Waals surface area contributed by atoms with E-state index < -0.39 is 0 Å². The molecule has 0 heterocycles. The van der Waals surface area contributed by atoms with E-state index in [2.05, 4.69) is 71.7 Å². The fourth-order valence-electron chi connectivity index (χ4n) is 5.17. The highest BCUT2D eigenvalue weighted by molar-refractivity contribution is 5.64. The first kappa shape index (κ1) is 23.7. The summed E-state index contributed by atoms with van der Waals surface area (Å²) in [4.78, 5) is 0. The third kappa shape index (κ3) is 6.46. The second kappa shape index (κ2) is 11.6. The zero-order valence-corrected chi connectivity index (χ0v) is 19.6. The summed E-state index contributed by atoms with van der Waals surface area (Å²) in [5, 5.41) is 0. The van der Waals surface area contributed by atoms with Gasteiger partial charge >= 0.3 is 0 Å². The van der Waals surface area contributed by atoms with Crippen LogP contribution in [-0.4, -0.2) is 0 Å². The molecule has 1 saturated carbocycles. The first-order valence-electron chi connectivity index (χ1n) is 12.0. The molecule has 1 aromatic rings. The molecule has 3 unspecified atom stereocenters. The van der Waals surface area contributed by atoms with Crippen LogP contribution in [0.4, 0.5) is 0 Å². The van der Waals surface area contributed by atoms with E-state index in [4.69, 9.17) is 0 Å². The van der Waals surface area contributed by atoms with Gasteiger partial charge in [0.25, 0.3) is 0 Å². The molecule has 0 aliphatic heterocycles. The topological polar surface area (TPSA) is 0 Å². The van der Waals surface area contributed by atoms with Crippen LogP contribution >= 0.6 is 0 Å². The van der Waals surface area contributed by atoms with Gasteiger partial charge in [0.15, 0.2) is 0 Å². The first-order chi connectivity index (χ1) is 13.9. The Hall–Kier alpha value is -1.56. The van der Waals surface area contributed by atoms with Crippen LogP contribution < -0.4 is 0 Å². The summed E-state index contributed by atoms with van der Waals surface area (Å²) in [5.41, 5.74) is 6.49. The minimum absolute atomic E-state index is 0.426. The molecule has 0 radical (unpaired) electrons. The average Bonchev–Trinajstić information content (AvgIpc) is 3.15. The Balaban J connectivity index is 2.05. The van der Waals surface area contributed by atoms with Crippen molar-refractivity contribution in [2.45, 2.75) is 91.4 Å². The summed E-state index contributed by atoms with van der Waals surface area (Å²) in [6.45, 7) is 22.3. The van der Waals surface area contributed by atoms with E-state index in [0.29, 0.717) is 11.8 Å². The first-order valence-corrected chi connectivity index (χ1v) is 12.0. The van der Waals surface area contributed by atoms with E-state index in [1.54, 1.807) is 0 Å². The van der Waals surface area contributed by atoms with Crippen molar-refractivity contribution in [3.05, 3.63) is 66.3 Å². The van der Waals surface area contributed by atoms with Crippen LogP contribution in [0.15, 0.2) is 55.1 Å². The Morgan fingerprint density at radius 1 is 1.14 bits per heavy atom. The number of allylic oxidation sites excluding steroid dienone is 3. The van der Waals surface area contributed by atoms with Crippen LogP contribution in [0.25, 0.3) is 5.57 Å². The minimum atomic E-state index is 0.426. The van der Waals surface area contributed by atoms with Gasteiger partial charge in [-0.05, 0) is 78.0 Å². The maximum absolute atomic E-state index is 4.44. The Bertz CT molecular complexity index is 692. The maximum Gasteiger partial charge on any atom is -0.00957 e. The van der Waals surface area contributed by atoms with E-state index in [1.807, 2.05) is 0 Å². The summed E-state index contributed by atoms with van der Waals surface area (Å²) >= 11 is 0. The third-order valence-electron chi connectivity index (χ3n) is 7.45. The highest BCUT2D eigenvalue weighted by Crippen LogP contribution is 2.38. The fraction of sp³-hybridized carbons (Fsp3) is 0.586. The second-order valence-electron chi connectivity index (χ2n) is 9.46. The normalized spacial score (nSPS) is 21.0. The molecule has 1 aliphatic rings. The molecule has 1 aliphatic carbocycles. The summed E-state index contributed by atoms with van der Waals surface area (Å²) in [6.07, 6.45) is 11.4. The van der Waals surface area contributed by atoms with E-state index in [0.717, 1.165) is 24.7 Å². The molecule has 0 spiro atoms. The SMILES string of the molecule is C=C(CC)C(=C)C(C)[C@H](CCC)c1cccc(C(=C)CCCC2CCCC2C)c1. The van der Waals surface area contributed by atoms with Gasteiger partial charge in [0.1, 0.15) is 0 Å². The van der Waals surface area contributed by atoms with Crippen molar-refractivity contribution in [3.63, 3.8) is 0 Å². The smallest absolute Gasteiger partial charge is 0.00957 e. The summed E-state index contributed by atoms with van der Waals surface area (Å²) < 4.78 is 0. The van der Waals surface area contributed by atoms with Crippen molar-refractivity contribution in [1.29, 1.82) is 0 Å². The van der Waals surface area contributed by atoms with Gasteiger partial charge in [-0.15, -0.1) is 0 Å². The predicted octanol–water partition coefficient (Wildman–Crippen LogP) is 9.35. The molecule has 0 amide bonds. The lowest BCUT2D eigenvalue weighted by molar-refractivity contribution is 0.384. The minimum Gasteiger partial charge on any atom is -0.0956 e. The highest BCUT2D eigenvalue weighted by atomic mass is 14.3. The summed E-state index contributed by atoms with van der Waals surface area (Å²) in [6, 6.07) is 9.17. The zero-order valence-electron chi connectivity index (χ0n) is 19.6. The van der Waals surface area contributed by atoms with Crippen molar-refractivity contribution in [2.75, 3.05) is 0 Å². The van der Waals surface area contributed by atoms with Gasteiger partial charge in [-0.2, -0.15) is 0 Å². The van der Waals surface area contributed by atoms with Crippen molar-refractivity contribution >= 4 is 5.57 Å². The van der Waals surface area contributed by atoms with Gasteiger partial charge in [-0.1, -0.05) is 103 Å². The molecule has 4 atom stereocenters. The third-order valence-corrected chi connectivity index (χ3v) is 7.45. The predicted molar refractivity (Wildman–Crippen MR) is 131 cm³/mol. The molecule has 0 nitrogen and oxygen atoms in total. The fourth-order valence-corrected chi connectivity index (χ4v) is 5.17. The molecular formula is C29H44. The van der Waals surface area contributed by atoms with Crippen molar-refractivity contribution in [3.8, 4) is 0 Å². The van der Waals surface area contributed by atoms with Crippen LogP contribution in [0.1, 0.15) is 103 Å². The summed E-state index contributed by atoms with van der Waals surface area (Å²) in [5.74, 6) is 2.80. The number of benzene rings is 1. The van der Waals surface area contributed by atoms with E-state index in [-0.39, 0.29) is 0 Å². The molecule has 1 fully saturated rings. The lowest BCUT2D eigenvalue weighted by Crippen LogP contribution is -2.13. The van der Waals surface area contributed by atoms with Gasteiger partial charge in [0.05, 0.1) is 0 Å². The largest absolute Gasteiger partial charge is 0.0956 e. The lowest BCUT2D eigenvalue weighted by atomic mass is 9.77. The monoisotopic (exact) mass is 392 g/mol. The zero-order chi connectivity index (χ0) is 21.4. The Kier molecular flexibility index (Phi) is 9.47. The second-order valence-corrected chi connectivity index (χ2v) is 9.46. The average molecular weight is 393 g/mol. The molecule has 160 valence electrons. The summed E-state index contributed by atoms with van der Waals surface area (Å²) in [7, 11) is 0. The molecule has 29 heavy (non-hydrogen) atoms. The van der Waals surface area contributed by atoms with Gasteiger partial charge in [0.2, 0.25) is 0 Å². The van der Waals surface area contributed by atoms with Gasteiger partial charge in [-0.3, -0.25) is 0 Å². The number of hydrogen-bond acceptors (Lipinski definition) is 0. The highest BCUT2D eigenvalue weighted by Gasteiger charge is 2.24. The van der Waals surface area contributed by atoms with Crippen molar-refractivity contribution < 1.29 is 0 Å². The molecular weight excluding hydrogens is 348 g/mol. The number of hydrogen-bond donors (Lipinski definition) is 0. The van der Waals surface area contributed by atoms with E-state index in [1.165, 1.54) is 72.8 Å². The Morgan fingerprint density at radius 3 is 2.52 bits per heavy atom. The molecule has 1 aromatic carbocycles. The van der Waals surface area contributed by atoms with Gasteiger partial charge < -0.3 is 0 Å². The van der Waals surface area contributed by atoms with E-state index >= 15 is 0 Å². The molecule has 0 aromatic heterocycles. The standard InChI is InChI=1S/C29H44/c1-8-13-29(25(7)24(6)21(3)9-2)28-19-12-18-27(20-28)23(5)15-11-17-26-16-10-14-22(26)4/h12,18-20,22,25-26,29H,3,5-6,8-11,13-17H2,1-2,4,7H3/t22?,25?,26?,29-/m0/s1. The maximum atomic E-state index is 4.44. The quantitative estimate of drug-likeness (QED) is 0.311. The van der Waals surface area contributed by atoms with Gasteiger partial charge in [0, 0.05) is 0 Å². The van der Waals surface area contributed by atoms with Crippen molar-refractivity contribution in [1.82, 2.24) is 0 Å². The number of rotatable bonds is 12. The van der Waals surface area contributed by atoms with Crippen LogP contribution in [0.5, 0.6) is 0 Å². The molecule has 0 heteroatoms. The van der Waals surface area contributed by atoms with E-state index in [9.17, 15) is 0 Å². The molecule has 2 rings (SSSR count). The molecule has 0 N–H and O–H groups in total. The Morgan fingerprint density at radius 2 is 1.90 bits per heavy atom. The van der Waals surface area contributed by atoms with Crippen LogP contribution in [0.3, 0.4) is 0 Å².